The Morgan fingerprint density at radius 1 is 0.815 bits per heavy atom. The smallest absolute Gasteiger partial charge is 0.167 e. The van der Waals surface area contributed by atoms with Crippen molar-refractivity contribution in [1.82, 2.24) is 24.5 Å². The summed E-state index contributed by atoms with van der Waals surface area (Å²) < 4.78 is 1.86. The van der Waals surface area contributed by atoms with Crippen molar-refractivity contribution < 1.29 is 0 Å². The number of pyridine rings is 1. The third-order valence-electron chi connectivity index (χ3n) is 4.44. The number of aromatic nitrogens is 5. The predicted octanol–water partition coefficient (Wildman–Crippen LogP) is 3.69. The minimum atomic E-state index is 0.446. The molecule has 0 aliphatic heterocycles. The summed E-state index contributed by atoms with van der Waals surface area (Å²) in [7, 11) is 0. The summed E-state index contributed by atoms with van der Waals surface area (Å²) in [4.78, 5) is 17.5. The maximum absolute atomic E-state index is 6.41. The Morgan fingerprint density at radius 2 is 1.70 bits per heavy atom. The highest BCUT2D eigenvalue weighted by atomic mass is 15.2. The first-order valence-corrected chi connectivity index (χ1v) is 8.45. The topological polar surface area (TPSA) is 94.5 Å². The molecule has 2 aromatic carbocycles. The quantitative estimate of drug-likeness (QED) is 0.514. The van der Waals surface area contributed by atoms with Crippen molar-refractivity contribution in [3.8, 4) is 5.82 Å². The number of benzene rings is 2. The molecule has 0 spiro atoms. The highest BCUT2D eigenvalue weighted by Gasteiger charge is 2.13. The van der Waals surface area contributed by atoms with Crippen molar-refractivity contribution in [3.63, 3.8) is 0 Å². The van der Waals surface area contributed by atoms with Crippen LogP contribution < -0.4 is 11.1 Å². The molecule has 0 amide bonds. The van der Waals surface area contributed by atoms with Gasteiger partial charge in [0.15, 0.2) is 11.6 Å². The first kappa shape index (κ1) is 15.3. The fourth-order valence-corrected chi connectivity index (χ4v) is 3.15. The van der Waals surface area contributed by atoms with Crippen molar-refractivity contribution in [2.45, 2.75) is 0 Å². The van der Waals surface area contributed by atoms with Crippen LogP contribution >= 0.6 is 0 Å². The Morgan fingerprint density at radius 3 is 2.67 bits per heavy atom. The van der Waals surface area contributed by atoms with Gasteiger partial charge in [0, 0.05) is 17.3 Å². The zero-order chi connectivity index (χ0) is 18.2. The van der Waals surface area contributed by atoms with Crippen LogP contribution in [0.4, 0.5) is 17.2 Å². The highest BCUT2D eigenvalue weighted by molar-refractivity contribution is 5.94. The van der Waals surface area contributed by atoms with Crippen LogP contribution in [0.3, 0.4) is 0 Å². The number of nitrogens with two attached hydrogens (primary N) is 1. The lowest BCUT2D eigenvalue weighted by Crippen LogP contribution is -2.07. The second-order valence-corrected chi connectivity index (χ2v) is 6.06. The van der Waals surface area contributed by atoms with E-state index in [0.29, 0.717) is 17.3 Å². The Hall–Kier alpha value is -4.00. The molecule has 27 heavy (non-hydrogen) atoms. The van der Waals surface area contributed by atoms with E-state index in [1.54, 1.807) is 12.5 Å². The highest BCUT2D eigenvalue weighted by Crippen LogP contribution is 2.30. The Labute approximate surface area is 154 Å². The van der Waals surface area contributed by atoms with Gasteiger partial charge < -0.3 is 11.1 Å². The van der Waals surface area contributed by atoms with E-state index in [4.69, 9.17) is 5.73 Å². The van der Waals surface area contributed by atoms with Crippen LogP contribution in [0.2, 0.25) is 0 Å². The summed E-state index contributed by atoms with van der Waals surface area (Å²) in [6.07, 6.45) is 4.98. The number of nitrogen functional groups attached to an aromatic ring is 1. The molecule has 3 heterocycles. The van der Waals surface area contributed by atoms with E-state index in [1.165, 1.54) is 6.33 Å². The number of imidazole rings is 1. The Balaban J connectivity index is 1.61. The van der Waals surface area contributed by atoms with Crippen molar-refractivity contribution in [3.05, 3.63) is 73.4 Å². The zero-order valence-electron chi connectivity index (χ0n) is 14.2. The molecule has 0 saturated heterocycles. The van der Waals surface area contributed by atoms with Gasteiger partial charge in [-0.15, -0.1) is 0 Å². The van der Waals surface area contributed by atoms with Crippen LogP contribution in [-0.4, -0.2) is 24.5 Å². The summed E-state index contributed by atoms with van der Waals surface area (Å²) in [5, 5.41) is 4.31. The van der Waals surface area contributed by atoms with Gasteiger partial charge >= 0.3 is 0 Å². The van der Waals surface area contributed by atoms with E-state index in [2.05, 4.69) is 25.3 Å². The molecule has 5 aromatic rings. The number of para-hydroxylation sites is 2. The third-order valence-corrected chi connectivity index (χ3v) is 4.44. The van der Waals surface area contributed by atoms with E-state index in [9.17, 15) is 0 Å². The molecule has 7 heteroatoms. The van der Waals surface area contributed by atoms with Gasteiger partial charge in [-0.2, -0.15) is 0 Å². The van der Waals surface area contributed by atoms with E-state index in [1.807, 2.05) is 59.2 Å². The molecule has 0 bridgehead atoms. The third kappa shape index (κ3) is 2.53. The lowest BCUT2D eigenvalue weighted by Gasteiger charge is -2.13. The number of hydrogen-bond acceptors (Lipinski definition) is 6. The van der Waals surface area contributed by atoms with Gasteiger partial charge in [-0.25, -0.2) is 15.0 Å². The molecule has 0 aliphatic carbocycles. The number of hydrogen-bond donors (Lipinski definition) is 2. The summed E-state index contributed by atoms with van der Waals surface area (Å²) >= 11 is 0. The van der Waals surface area contributed by atoms with Crippen molar-refractivity contribution >= 4 is 39.1 Å². The Kier molecular flexibility index (Phi) is 3.43. The fraction of sp³-hybridized carbons (Fsp3) is 0. The summed E-state index contributed by atoms with van der Waals surface area (Å²) in [5.41, 5.74) is 10.4. The first-order valence-electron chi connectivity index (χ1n) is 8.45. The van der Waals surface area contributed by atoms with Crippen LogP contribution in [-0.2, 0) is 0 Å². The van der Waals surface area contributed by atoms with Gasteiger partial charge in [0.2, 0.25) is 0 Å². The first-order chi connectivity index (χ1) is 13.3. The molecule has 0 radical (unpaired) electrons. The molecule has 7 nitrogen and oxygen atoms in total. The maximum Gasteiger partial charge on any atom is 0.167 e. The molecular weight excluding hydrogens is 338 g/mol. The second kappa shape index (κ2) is 6.06. The minimum absolute atomic E-state index is 0.446. The monoisotopic (exact) mass is 353 g/mol. The number of nitrogens with one attached hydrogen (secondary N) is 1. The minimum Gasteiger partial charge on any atom is -0.393 e. The van der Waals surface area contributed by atoms with Crippen LogP contribution in [0.15, 0.2) is 73.4 Å². The van der Waals surface area contributed by atoms with Gasteiger partial charge in [-0.1, -0.05) is 18.2 Å². The van der Waals surface area contributed by atoms with Crippen LogP contribution in [0.25, 0.3) is 27.8 Å². The standard InChI is InChI=1S/C20H15N7/c21-18-19(26-15-8-3-7-14-13(15)5-4-10-22-14)23-11-24-20(18)27-12-25-16-6-1-2-9-17(16)27/h1-12H,21H2,(H,23,24,26). The SMILES string of the molecule is Nc1c(Nc2cccc3ncccc23)ncnc1-n1cnc2ccccc21. The maximum atomic E-state index is 6.41. The molecule has 130 valence electrons. The van der Waals surface area contributed by atoms with Crippen molar-refractivity contribution in [2.75, 3.05) is 11.1 Å². The summed E-state index contributed by atoms with van der Waals surface area (Å²) in [6.45, 7) is 0. The predicted molar refractivity (Wildman–Crippen MR) is 106 cm³/mol. The fourth-order valence-electron chi connectivity index (χ4n) is 3.15. The molecule has 0 saturated carbocycles. The van der Waals surface area contributed by atoms with E-state index >= 15 is 0 Å². The van der Waals surface area contributed by atoms with E-state index < -0.39 is 0 Å². The van der Waals surface area contributed by atoms with Crippen LogP contribution in [0.5, 0.6) is 0 Å². The molecular formula is C20H15N7. The van der Waals surface area contributed by atoms with E-state index in [0.717, 1.165) is 27.6 Å². The molecule has 0 unspecified atom stereocenters. The summed E-state index contributed by atoms with van der Waals surface area (Å²) in [6, 6.07) is 17.6. The van der Waals surface area contributed by atoms with Gasteiger partial charge in [-0.05, 0) is 36.4 Å². The number of nitrogens with zero attached hydrogens (tertiary/aromatic N) is 5. The normalized spacial score (nSPS) is 11.1. The molecule has 0 fully saturated rings. The Bertz CT molecular complexity index is 1270. The number of anilines is 3. The lowest BCUT2D eigenvalue weighted by atomic mass is 10.2. The van der Waals surface area contributed by atoms with Crippen molar-refractivity contribution in [1.29, 1.82) is 0 Å². The average Bonchev–Trinajstić information content (AvgIpc) is 3.14. The van der Waals surface area contributed by atoms with Crippen molar-refractivity contribution in [2.24, 2.45) is 0 Å². The van der Waals surface area contributed by atoms with Gasteiger partial charge in [0.05, 0.1) is 16.6 Å². The van der Waals surface area contributed by atoms with Crippen LogP contribution in [0, 0.1) is 0 Å². The summed E-state index contributed by atoms with van der Waals surface area (Å²) in [5.74, 6) is 1.12. The second-order valence-electron chi connectivity index (χ2n) is 6.06. The van der Waals surface area contributed by atoms with Gasteiger partial charge in [0.1, 0.15) is 18.3 Å². The van der Waals surface area contributed by atoms with E-state index in [-0.39, 0.29) is 0 Å². The van der Waals surface area contributed by atoms with Crippen LogP contribution in [0.1, 0.15) is 0 Å². The molecule has 3 N–H and O–H groups in total. The molecule has 0 aliphatic rings. The largest absolute Gasteiger partial charge is 0.393 e. The number of rotatable bonds is 3. The lowest BCUT2D eigenvalue weighted by molar-refractivity contribution is 1.00. The molecule has 0 atom stereocenters. The average molecular weight is 353 g/mol. The molecule has 3 aromatic heterocycles. The van der Waals surface area contributed by atoms with Gasteiger partial charge in [0.25, 0.3) is 0 Å². The number of fused-ring (bicyclic) bond motifs is 2. The zero-order valence-corrected chi connectivity index (χ0v) is 14.2. The van der Waals surface area contributed by atoms with Gasteiger partial charge in [-0.3, -0.25) is 9.55 Å². The molecule has 5 rings (SSSR count).